The van der Waals surface area contributed by atoms with Gasteiger partial charge in [0.15, 0.2) is 0 Å². The lowest BCUT2D eigenvalue weighted by atomic mass is 10.0. The van der Waals surface area contributed by atoms with Crippen molar-refractivity contribution in [1.29, 1.82) is 0 Å². The van der Waals surface area contributed by atoms with Gasteiger partial charge in [-0.25, -0.2) is 4.79 Å². The predicted molar refractivity (Wildman–Crippen MR) is 119 cm³/mol. The highest BCUT2D eigenvalue weighted by Gasteiger charge is 2.33. The normalized spacial score (nSPS) is 15.3. The van der Waals surface area contributed by atoms with E-state index in [0.717, 1.165) is 5.56 Å². The minimum Gasteiger partial charge on any atom is -0.481 e. The van der Waals surface area contributed by atoms with E-state index in [9.17, 15) is 29.1 Å². The Hall–Kier alpha value is -3.16. The summed E-state index contributed by atoms with van der Waals surface area (Å²) in [4.78, 5) is 59.7. The molecule has 0 heterocycles. The molecule has 0 spiro atoms. The van der Waals surface area contributed by atoms with Gasteiger partial charge in [-0.05, 0) is 18.9 Å². The first kappa shape index (κ1) is 27.9. The van der Waals surface area contributed by atoms with Crippen molar-refractivity contribution >= 4 is 42.3 Å². The second-order valence-electron chi connectivity index (χ2n) is 7.26. The van der Waals surface area contributed by atoms with Crippen molar-refractivity contribution in [1.82, 2.24) is 16.0 Å². The van der Waals surface area contributed by atoms with Crippen molar-refractivity contribution in [2.45, 2.75) is 50.0 Å². The molecule has 0 aliphatic rings. The number of benzene rings is 1. The molecule has 1 aromatic carbocycles. The number of hydrogen-bond donors (Lipinski definition) is 8. The topological polar surface area (TPSA) is 208 Å². The number of aliphatic hydroxyl groups is 1. The minimum atomic E-state index is -1.67. The molecule has 0 fully saturated rings. The molecule has 1 rings (SSSR count). The lowest BCUT2D eigenvalue weighted by molar-refractivity contribution is -0.143. The number of carbonyl (C=O) groups is 5. The zero-order valence-corrected chi connectivity index (χ0v) is 18.7. The van der Waals surface area contributed by atoms with Gasteiger partial charge in [-0.15, -0.1) is 0 Å². The van der Waals surface area contributed by atoms with E-state index in [1.54, 1.807) is 30.3 Å². The van der Waals surface area contributed by atoms with Gasteiger partial charge in [0.25, 0.3) is 0 Å². The quantitative estimate of drug-likeness (QED) is 0.144. The fraction of sp³-hybridized carbons (Fsp3) is 0.450. The van der Waals surface area contributed by atoms with Crippen molar-refractivity contribution in [2.75, 3.05) is 5.75 Å². The fourth-order valence-electron chi connectivity index (χ4n) is 2.73. The minimum absolute atomic E-state index is 0.158. The lowest BCUT2D eigenvalue weighted by Gasteiger charge is -2.25. The molecule has 3 amide bonds. The van der Waals surface area contributed by atoms with Gasteiger partial charge in [0.05, 0.1) is 18.6 Å². The molecule has 0 saturated carbocycles. The van der Waals surface area contributed by atoms with Crippen molar-refractivity contribution in [2.24, 2.45) is 5.73 Å². The zero-order chi connectivity index (χ0) is 25.1. The van der Waals surface area contributed by atoms with E-state index in [2.05, 4.69) is 28.6 Å². The Kier molecular flexibility index (Phi) is 11.3. The third-order valence-electron chi connectivity index (χ3n) is 4.51. The molecular weight excluding hydrogens is 456 g/mol. The molecule has 5 atom stereocenters. The third kappa shape index (κ3) is 9.47. The molecule has 0 aliphatic carbocycles. The summed E-state index contributed by atoms with van der Waals surface area (Å²) >= 11 is 3.80. The molecule has 8 N–H and O–H groups in total. The van der Waals surface area contributed by atoms with Crippen LogP contribution in [0, 0.1) is 0 Å². The van der Waals surface area contributed by atoms with E-state index in [1.165, 1.54) is 6.92 Å². The van der Waals surface area contributed by atoms with Gasteiger partial charge in [0.1, 0.15) is 18.1 Å². The summed E-state index contributed by atoms with van der Waals surface area (Å²) in [5, 5.41) is 34.5. The van der Waals surface area contributed by atoms with Crippen LogP contribution in [0.15, 0.2) is 30.3 Å². The number of hydrogen-bond acceptors (Lipinski definition) is 8. The summed E-state index contributed by atoms with van der Waals surface area (Å²) in [5.74, 6) is -6.01. The number of carboxylic acids is 2. The zero-order valence-electron chi connectivity index (χ0n) is 17.8. The highest BCUT2D eigenvalue weighted by Crippen LogP contribution is 2.04. The van der Waals surface area contributed by atoms with Crippen molar-refractivity contribution in [3.63, 3.8) is 0 Å². The van der Waals surface area contributed by atoms with E-state index in [4.69, 9.17) is 15.9 Å². The molecule has 0 aromatic heterocycles. The van der Waals surface area contributed by atoms with Crippen LogP contribution in [0.3, 0.4) is 0 Å². The van der Waals surface area contributed by atoms with Gasteiger partial charge in [0.2, 0.25) is 17.7 Å². The van der Waals surface area contributed by atoms with Crippen molar-refractivity contribution < 1.29 is 39.3 Å². The lowest BCUT2D eigenvalue weighted by Crippen LogP contribution is -2.60. The highest BCUT2D eigenvalue weighted by molar-refractivity contribution is 7.80. The van der Waals surface area contributed by atoms with Gasteiger partial charge in [-0.1, -0.05) is 30.3 Å². The molecule has 33 heavy (non-hydrogen) atoms. The Morgan fingerprint density at radius 1 is 0.939 bits per heavy atom. The molecule has 12 nitrogen and oxygen atoms in total. The first-order valence-electron chi connectivity index (χ1n) is 9.90. The van der Waals surface area contributed by atoms with E-state index in [0.29, 0.717) is 0 Å². The summed E-state index contributed by atoms with van der Waals surface area (Å²) < 4.78 is 0. The summed E-state index contributed by atoms with van der Waals surface area (Å²) in [6.07, 6.45) is -2.13. The number of aliphatic carboxylic acids is 2. The Morgan fingerprint density at radius 2 is 1.52 bits per heavy atom. The second-order valence-corrected chi connectivity index (χ2v) is 7.63. The van der Waals surface area contributed by atoms with Gasteiger partial charge >= 0.3 is 11.9 Å². The second kappa shape index (κ2) is 13.4. The van der Waals surface area contributed by atoms with Crippen LogP contribution in [-0.2, 0) is 30.4 Å². The van der Waals surface area contributed by atoms with Crippen LogP contribution in [0.2, 0.25) is 0 Å². The maximum absolute atomic E-state index is 12.7. The first-order chi connectivity index (χ1) is 15.5. The van der Waals surface area contributed by atoms with Crippen LogP contribution >= 0.6 is 12.6 Å². The van der Waals surface area contributed by atoms with Gasteiger partial charge in [0, 0.05) is 5.75 Å². The number of nitrogens with one attached hydrogen (secondary N) is 3. The average Bonchev–Trinajstić information content (AvgIpc) is 2.74. The smallest absolute Gasteiger partial charge is 0.327 e. The Morgan fingerprint density at radius 3 is 2.00 bits per heavy atom. The number of aliphatic hydroxyl groups excluding tert-OH is 1. The molecule has 13 heteroatoms. The van der Waals surface area contributed by atoms with E-state index < -0.39 is 66.4 Å². The Balaban J connectivity index is 2.89. The first-order valence-corrected chi connectivity index (χ1v) is 10.5. The van der Waals surface area contributed by atoms with Crippen LogP contribution in [0.25, 0.3) is 0 Å². The molecule has 5 unspecified atom stereocenters. The van der Waals surface area contributed by atoms with Crippen molar-refractivity contribution in [3.8, 4) is 0 Å². The third-order valence-corrected chi connectivity index (χ3v) is 4.87. The predicted octanol–water partition coefficient (Wildman–Crippen LogP) is -2.12. The van der Waals surface area contributed by atoms with Crippen LogP contribution in [0.1, 0.15) is 18.9 Å². The maximum atomic E-state index is 12.7. The summed E-state index contributed by atoms with van der Waals surface area (Å²) in [5.41, 5.74) is 6.65. The average molecular weight is 485 g/mol. The van der Waals surface area contributed by atoms with E-state index >= 15 is 0 Å². The molecule has 1 aromatic rings. The Bertz CT molecular complexity index is 852. The molecule has 0 bridgehead atoms. The SMILES string of the molecule is CC(O)C(NC(=O)C(N)Cc1ccccc1)C(=O)NC(CC(=O)O)C(=O)NC(CS)C(=O)O. The summed E-state index contributed by atoms with van der Waals surface area (Å²) in [6.45, 7) is 1.21. The maximum Gasteiger partial charge on any atom is 0.327 e. The number of carbonyl (C=O) groups excluding carboxylic acids is 3. The number of carboxylic acid groups (broad SMARTS) is 2. The van der Waals surface area contributed by atoms with E-state index in [-0.39, 0.29) is 12.2 Å². The van der Waals surface area contributed by atoms with Crippen LogP contribution in [0.4, 0.5) is 0 Å². The molecule has 182 valence electrons. The van der Waals surface area contributed by atoms with Crippen LogP contribution in [-0.4, -0.2) is 81.0 Å². The summed E-state index contributed by atoms with van der Waals surface area (Å²) in [7, 11) is 0. The molecule has 0 radical (unpaired) electrons. The monoisotopic (exact) mass is 484 g/mol. The summed E-state index contributed by atoms with van der Waals surface area (Å²) in [6, 6.07) is 3.15. The molecular formula is C20H28N4O8S. The number of amides is 3. The van der Waals surface area contributed by atoms with Crippen LogP contribution in [0.5, 0.6) is 0 Å². The van der Waals surface area contributed by atoms with Gasteiger partial charge < -0.3 is 37.0 Å². The fourth-order valence-corrected chi connectivity index (χ4v) is 2.98. The van der Waals surface area contributed by atoms with Crippen molar-refractivity contribution in [3.05, 3.63) is 35.9 Å². The number of rotatable bonds is 13. The highest BCUT2D eigenvalue weighted by atomic mass is 32.1. The number of nitrogens with two attached hydrogens (primary N) is 1. The van der Waals surface area contributed by atoms with E-state index in [1.807, 2.05) is 0 Å². The van der Waals surface area contributed by atoms with Crippen LogP contribution < -0.4 is 21.7 Å². The standard InChI is InChI=1S/C20H28N4O8S/c1-10(25)16(24-17(28)12(21)7-11-5-3-2-4-6-11)19(30)22-13(8-15(26)27)18(29)23-14(9-33)20(31)32/h2-6,10,12-14,16,25,33H,7-9,21H2,1H3,(H,22,30)(H,23,29)(H,24,28)(H,26,27)(H,31,32). The van der Waals surface area contributed by atoms with Gasteiger partial charge in [-0.3, -0.25) is 19.2 Å². The molecule has 0 aliphatic heterocycles. The van der Waals surface area contributed by atoms with Gasteiger partial charge in [-0.2, -0.15) is 12.6 Å². The largest absolute Gasteiger partial charge is 0.481 e. The molecule has 0 saturated heterocycles. The Labute approximate surface area is 195 Å². The number of thiol groups is 1.